The summed E-state index contributed by atoms with van der Waals surface area (Å²) in [4.78, 5) is 33.0. The third-order valence-corrected chi connectivity index (χ3v) is 8.15. The Morgan fingerprint density at radius 2 is 1.98 bits per heavy atom. The maximum absolute atomic E-state index is 13.2. The highest BCUT2D eigenvalue weighted by atomic mass is 32.2. The lowest BCUT2D eigenvalue weighted by atomic mass is 9.92. The first kappa shape index (κ1) is 28.8. The van der Waals surface area contributed by atoms with Crippen LogP contribution in [0.25, 0.3) is 0 Å². The minimum atomic E-state index is -0.561. The molecule has 3 aliphatic heterocycles. The topological polar surface area (TPSA) is 98.7 Å². The number of nitrogens with one attached hydrogen (secondary N) is 1. The van der Waals surface area contributed by atoms with Gasteiger partial charge in [0.05, 0.1) is 44.1 Å². The number of benzene rings is 2. The van der Waals surface area contributed by atoms with Gasteiger partial charge < -0.3 is 29.2 Å². The molecule has 0 spiro atoms. The molecule has 1 fully saturated rings. The molecule has 2 aromatic carbocycles. The van der Waals surface area contributed by atoms with Crippen molar-refractivity contribution in [2.24, 2.45) is 4.99 Å². The number of hydrogen-bond donors (Lipinski definition) is 1. The van der Waals surface area contributed by atoms with E-state index < -0.39 is 12.0 Å². The van der Waals surface area contributed by atoms with Crippen LogP contribution in [0.5, 0.6) is 11.5 Å². The second kappa shape index (κ2) is 13.3. The molecule has 0 radical (unpaired) electrons. The molecule has 10 heteroatoms. The molecule has 5 rings (SSSR count). The fourth-order valence-electron chi connectivity index (χ4n) is 5.20. The molecule has 2 unspecified atom stereocenters. The molecule has 1 N–H and O–H groups in total. The Morgan fingerprint density at radius 1 is 1.15 bits per heavy atom. The van der Waals surface area contributed by atoms with Gasteiger partial charge in [0, 0.05) is 18.8 Å². The number of hydrogen-bond acceptors (Lipinski definition) is 9. The van der Waals surface area contributed by atoms with Crippen molar-refractivity contribution >= 4 is 28.8 Å². The van der Waals surface area contributed by atoms with Gasteiger partial charge in [0.1, 0.15) is 6.61 Å². The number of carbonyl (C=O) groups is 2. The number of ether oxygens (including phenoxy) is 4. The number of thioether (sulfide) groups is 1. The van der Waals surface area contributed by atoms with Crippen LogP contribution in [0, 0.1) is 0 Å². The molecule has 0 bridgehead atoms. The number of aliphatic imine (C=N–C) groups is 1. The van der Waals surface area contributed by atoms with E-state index in [0.29, 0.717) is 47.5 Å². The Morgan fingerprint density at radius 3 is 2.68 bits per heavy atom. The van der Waals surface area contributed by atoms with Crippen LogP contribution in [0.1, 0.15) is 49.8 Å². The number of carbonyl (C=O) groups excluding carboxylic acids is 2. The first-order valence-electron chi connectivity index (χ1n) is 13.8. The van der Waals surface area contributed by atoms with Crippen LogP contribution in [0.3, 0.4) is 0 Å². The predicted octanol–water partition coefficient (Wildman–Crippen LogP) is 5.10. The first-order valence-corrected chi connectivity index (χ1v) is 14.7. The lowest BCUT2D eigenvalue weighted by Gasteiger charge is -2.36. The number of methoxy groups -OCH3 is 2. The lowest BCUT2D eigenvalue weighted by Crippen LogP contribution is -2.39. The number of fused-ring (bicyclic) bond motifs is 1. The Bertz CT molecular complexity index is 1370. The molecule has 0 aliphatic carbocycles. The smallest absolute Gasteiger partial charge is 0.338 e. The van der Waals surface area contributed by atoms with Gasteiger partial charge in [-0.05, 0) is 47.9 Å². The van der Waals surface area contributed by atoms with E-state index in [1.807, 2.05) is 65.8 Å². The second-order valence-electron chi connectivity index (χ2n) is 9.90. The van der Waals surface area contributed by atoms with Gasteiger partial charge in [0.15, 0.2) is 16.7 Å². The molecule has 3 aliphatic rings. The highest BCUT2D eigenvalue weighted by Crippen LogP contribution is 2.46. The molecular formula is C31H35N3O6S. The maximum atomic E-state index is 13.2. The summed E-state index contributed by atoms with van der Waals surface area (Å²) in [5.41, 5.74) is 3.68. The maximum Gasteiger partial charge on any atom is 0.338 e. The van der Waals surface area contributed by atoms with E-state index in [9.17, 15) is 9.59 Å². The largest absolute Gasteiger partial charge is 0.493 e. The fraction of sp³-hybridized carbons (Fsp3) is 0.387. The van der Waals surface area contributed by atoms with Gasteiger partial charge in [-0.2, -0.15) is 0 Å². The van der Waals surface area contributed by atoms with Crippen molar-refractivity contribution in [1.29, 1.82) is 0 Å². The van der Waals surface area contributed by atoms with Crippen LogP contribution >= 0.6 is 11.8 Å². The second-order valence-corrected chi connectivity index (χ2v) is 10.7. The SMILES string of the molecule is CCC1=C(C(=O)OC)C(c2ccc(OCc3ccccc3)c(OC)c2)N2C(CC(=O)NCC3CCCO3)=CSC2=N1. The van der Waals surface area contributed by atoms with E-state index in [-0.39, 0.29) is 18.4 Å². The van der Waals surface area contributed by atoms with Crippen molar-refractivity contribution in [3.05, 3.63) is 82.0 Å². The molecule has 1 amide bonds. The molecule has 0 aromatic heterocycles. The van der Waals surface area contributed by atoms with Crippen LogP contribution in [0.4, 0.5) is 0 Å². The number of rotatable bonds is 11. The molecule has 0 saturated carbocycles. The molecule has 9 nitrogen and oxygen atoms in total. The summed E-state index contributed by atoms with van der Waals surface area (Å²) in [6.45, 7) is 3.57. The quantitative estimate of drug-likeness (QED) is 0.369. The van der Waals surface area contributed by atoms with Gasteiger partial charge in [-0.25, -0.2) is 9.79 Å². The summed E-state index contributed by atoms with van der Waals surface area (Å²) in [7, 11) is 2.96. The Hall–Kier alpha value is -3.76. The molecule has 2 aromatic rings. The van der Waals surface area contributed by atoms with Gasteiger partial charge in [-0.3, -0.25) is 4.79 Å². The van der Waals surface area contributed by atoms with Gasteiger partial charge in [0.25, 0.3) is 0 Å². The molecule has 3 heterocycles. The third-order valence-electron chi connectivity index (χ3n) is 7.26. The zero-order valence-corrected chi connectivity index (χ0v) is 24.4. The van der Waals surface area contributed by atoms with Gasteiger partial charge >= 0.3 is 5.97 Å². The van der Waals surface area contributed by atoms with Crippen molar-refractivity contribution < 1.29 is 28.5 Å². The Balaban J connectivity index is 1.44. The summed E-state index contributed by atoms with van der Waals surface area (Å²) in [6, 6.07) is 15.0. The summed E-state index contributed by atoms with van der Waals surface area (Å²) in [6.07, 6.45) is 2.71. The summed E-state index contributed by atoms with van der Waals surface area (Å²) in [5.74, 6) is 0.553. The first-order chi connectivity index (χ1) is 20.0. The minimum Gasteiger partial charge on any atom is -0.493 e. The van der Waals surface area contributed by atoms with Crippen molar-refractivity contribution in [2.45, 2.75) is 51.4 Å². The van der Waals surface area contributed by atoms with Crippen molar-refractivity contribution in [3.8, 4) is 11.5 Å². The molecule has 2 atom stereocenters. The summed E-state index contributed by atoms with van der Waals surface area (Å²) in [5, 5.41) is 5.64. The van der Waals surface area contributed by atoms with E-state index >= 15 is 0 Å². The van der Waals surface area contributed by atoms with Crippen LogP contribution in [-0.4, -0.2) is 55.4 Å². The van der Waals surface area contributed by atoms with Crippen LogP contribution in [0.2, 0.25) is 0 Å². The minimum absolute atomic E-state index is 0.0572. The summed E-state index contributed by atoms with van der Waals surface area (Å²) >= 11 is 1.44. The van der Waals surface area contributed by atoms with E-state index in [1.165, 1.54) is 18.9 Å². The average molecular weight is 578 g/mol. The normalized spacial score (nSPS) is 19.8. The number of nitrogens with zero attached hydrogens (tertiary/aromatic N) is 2. The van der Waals surface area contributed by atoms with Crippen LogP contribution < -0.4 is 14.8 Å². The highest BCUT2D eigenvalue weighted by Gasteiger charge is 2.41. The number of esters is 1. The standard InChI is InChI=1S/C31H35N3O6S/c1-4-24-28(30(36)38-3)29(21-12-13-25(26(15-21)37-2)40-18-20-9-6-5-7-10-20)34-22(19-41-31(34)33-24)16-27(35)32-17-23-11-8-14-39-23/h5-7,9-10,12-13,15,19,23,29H,4,8,11,14,16-18H2,1-3H3,(H,32,35). The van der Waals surface area contributed by atoms with E-state index in [4.69, 9.17) is 23.9 Å². The van der Waals surface area contributed by atoms with Crippen molar-refractivity contribution in [3.63, 3.8) is 0 Å². The van der Waals surface area contributed by atoms with E-state index in [1.54, 1.807) is 7.11 Å². The monoisotopic (exact) mass is 577 g/mol. The van der Waals surface area contributed by atoms with Gasteiger partial charge in [-0.15, -0.1) is 0 Å². The number of allylic oxidation sites excluding steroid dienone is 1. The van der Waals surface area contributed by atoms with Gasteiger partial charge in [-0.1, -0.05) is 55.1 Å². The van der Waals surface area contributed by atoms with Crippen LogP contribution in [0.15, 0.2) is 75.9 Å². The zero-order valence-electron chi connectivity index (χ0n) is 23.6. The Labute approximate surface area is 244 Å². The van der Waals surface area contributed by atoms with Crippen LogP contribution in [-0.2, 0) is 25.7 Å². The Kier molecular flexibility index (Phi) is 9.31. The van der Waals surface area contributed by atoms with E-state index in [0.717, 1.165) is 36.3 Å². The van der Waals surface area contributed by atoms with Crippen molar-refractivity contribution in [1.82, 2.24) is 10.2 Å². The molecular weight excluding hydrogens is 542 g/mol. The molecule has 1 saturated heterocycles. The summed E-state index contributed by atoms with van der Waals surface area (Å²) < 4.78 is 22.7. The average Bonchev–Trinajstić information content (AvgIpc) is 3.68. The highest BCUT2D eigenvalue weighted by molar-refractivity contribution is 8.16. The predicted molar refractivity (Wildman–Crippen MR) is 157 cm³/mol. The third kappa shape index (κ3) is 6.44. The lowest BCUT2D eigenvalue weighted by molar-refractivity contribution is -0.136. The molecule has 216 valence electrons. The van der Waals surface area contributed by atoms with Gasteiger partial charge in [0.2, 0.25) is 5.91 Å². The number of amides is 1. The van der Waals surface area contributed by atoms with Crippen molar-refractivity contribution in [2.75, 3.05) is 27.4 Å². The number of amidine groups is 1. The van der Waals surface area contributed by atoms with E-state index in [2.05, 4.69) is 5.32 Å². The molecule has 41 heavy (non-hydrogen) atoms. The zero-order chi connectivity index (χ0) is 28.8. The fourth-order valence-corrected chi connectivity index (χ4v) is 6.13.